The van der Waals surface area contributed by atoms with E-state index < -0.39 is 97.5 Å². The van der Waals surface area contributed by atoms with E-state index in [1.54, 1.807) is 0 Å². The first-order valence-corrected chi connectivity index (χ1v) is 45.2. The molecule has 0 radical (unpaired) electrons. The molecule has 0 saturated heterocycles. The molecule has 6 atom stereocenters. The third kappa shape index (κ3) is 73.0. The van der Waals surface area contributed by atoms with Gasteiger partial charge in [-0.3, -0.25) is 37.3 Å². The lowest BCUT2D eigenvalue weighted by atomic mass is 9.99. The number of aliphatic hydroxyl groups is 1. The minimum atomic E-state index is -4.96. The first-order valence-electron chi connectivity index (χ1n) is 42.2. The van der Waals surface area contributed by atoms with E-state index in [0.717, 1.165) is 102 Å². The highest BCUT2D eigenvalue weighted by atomic mass is 31.2. The molecule has 17 nitrogen and oxygen atoms in total. The summed E-state index contributed by atoms with van der Waals surface area (Å²) in [6, 6.07) is 0. The van der Waals surface area contributed by atoms with Gasteiger partial charge in [-0.05, 0) is 31.6 Å². The van der Waals surface area contributed by atoms with Crippen molar-refractivity contribution in [2.75, 3.05) is 39.6 Å². The average molecular weight is 1470 g/mol. The van der Waals surface area contributed by atoms with Gasteiger partial charge >= 0.3 is 39.5 Å². The van der Waals surface area contributed by atoms with Crippen molar-refractivity contribution in [1.82, 2.24) is 0 Å². The molecular weight excluding hydrogens is 1310 g/mol. The molecule has 0 saturated carbocycles. The van der Waals surface area contributed by atoms with E-state index >= 15 is 0 Å². The summed E-state index contributed by atoms with van der Waals surface area (Å²) in [5.41, 5.74) is 0. The third-order valence-electron chi connectivity index (χ3n) is 19.4. The molecule has 0 fully saturated rings. The van der Waals surface area contributed by atoms with Crippen LogP contribution in [0.4, 0.5) is 0 Å². The van der Waals surface area contributed by atoms with Crippen LogP contribution in [0, 0.1) is 5.92 Å². The van der Waals surface area contributed by atoms with E-state index in [2.05, 4.69) is 34.6 Å². The Balaban J connectivity index is 5.11. The summed E-state index contributed by atoms with van der Waals surface area (Å²) in [6.45, 7) is 7.30. The summed E-state index contributed by atoms with van der Waals surface area (Å²) in [7, 11) is -9.91. The number of hydrogen-bond acceptors (Lipinski definition) is 15. The molecule has 3 N–H and O–H groups in total. The highest BCUT2D eigenvalue weighted by Gasteiger charge is 2.30. The normalized spacial score (nSPS) is 14.1. The summed E-state index contributed by atoms with van der Waals surface area (Å²) in [5, 5.41) is 10.6. The third-order valence-corrected chi connectivity index (χ3v) is 21.3. The van der Waals surface area contributed by atoms with Gasteiger partial charge in [0.15, 0.2) is 12.2 Å². The van der Waals surface area contributed by atoms with Crippen LogP contribution in [-0.4, -0.2) is 96.7 Å². The van der Waals surface area contributed by atoms with E-state index in [9.17, 15) is 43.2 Å². The Bertz CT molecular complexity index is 1910. The van der Waals surface area contributed by atoms with Gasteiger partial charge in [-0.25, -0.2) is 9.13 Å². The lowest BCUT2D eigenvalue weighted by Crippen LogP contribution is -2.30. The van der Waals surface area contributed by atoms with Crippen molar-refractivity contribution >= 4 is 39.5 Å². The van der Waals surface area contributed by atoms with Crippen LogP contribution < -0.4 is 0 Å². The predicted molar refractivity (Wildman–Crippen MR) is 409 cm³/mol. The van der Waals surface area contributed by atoms with Crippen LogP contribution >= 0.6 is 15.6 Å². The molecule has 0 aromatic heterocycles. The molecule has 0 rings (SSSR count). The number of aliphatic hydroxyl groups excluding tert-OH is 1. The second kappa shape index (κ2) is 73.9. The van der Waals surface area contributed by atoms with Crippen molar-refractivity contribution in [2.45, 2.75) is 451 Å². The largest absolute Gasteiger partial charge is 0.472 e. The highest BCUT2D eigenvalue weighted by molar-refractivity contribution is 7.47. The van der Waals surface area contributed by atoms with Gasteiger partial charge in [0, 0.05) is 25.7 Å². The molecular formula is C81H158O17P2. The maximum atomic E-state index is 13.1. The molecule has 3 unspecified atom stereocenters. The minimum Gasteiger partial charge on any atom is -0.462 e. The zero-order valence-corrected chi connectivity index (χ0v) is 67.1. The number of phosphoric acid groups is 2. The number of hydrogen-bond donors (Lipinski definition) is 3. The van der Waals surface area contributed by atoms with Gasteiger partial charge in [-0.15, -0.1) is 0 Å². The lowest BCUT2D eigenvalue weighted by molar-refractivity contribution is -0.161. The fraction of sp³-hybridized carbons (Fsp3) is 0.951. The number of rotatable bonds is 81. The SMILES string of the molecule is CCCCCCCCCCCCCCCCCCCCCC(=O)O[C@H](COC(=O)CCCCCCCCCCCCCCCCC(C)CC)COP(=O)(O)OC[C@@H](O)COP(=O)(O)OC[C@@H](COC(=O)CCCCCCC)OC(=O)CCCCCCCCCCCCCCCCCCCC. The first-order chi connectivity index (χ1) is 48.6. The topological polar surface area (TPSA) is 237 Å². The number of esters is 4. The van der Waals surface area contributed by atoms with E-state index in [4.69, 9.17) is 37.0 Å². The number of ether oxygens (including phenoxy) is 4. The second-order valence-electron chi connectivity index (χ2n) is 29.4. The molecule has 0 bridgehead atoms. The van der Waals surface area contributed by atoms with Crippen LogP contribution in [0.1, 0.15) is 433 Å². The van der Waals surface area contributed by atoms with Crippen molar-refractivity contribution in [3.8, 4) is 0 Å². The quantitative estimate of drug-likeness (QED) is 0.0222. The van der Waals surface area contributed by atoms with Crippen molar-refractivity contribution in [1.29, 1.82) is 0 Å². The molecule has 0 heterocycles. The molecule has 0 aliphatic heterocycles. The summed E-state index contributed by atoms with van der Waals surface area (Å²) in [5.74, 6) is -1.27. The zero-order chi connectivity index (χ0) is 73.4. The zero-order valence-electron chi connectivity index (χ0n) is 65.3. The highest BCUT2D eigenvalue weighted by Crippen LogP contribution is 2.45. The van der Waals surface area contributed by atoms with Gasteiger partial charge in [0.1, 0.15) is 19.3 Å². The summed E-state index contributed by atoms with van der Waals surface area (Å²) in [4.78, 5) is 72.7. The van der Waals surface area contributed by atoms with Crippen molar-refractivity contribution in [2.24, 2.45) is 5.92 Å². The molecule has 0 aliphatic rings. The monoisotopic (exact) mass is 1470 g/mol. The van der Waals surface area contributed by atoms with E-state index in [0.29, 0.717) is 25.7 Å². The van der Waals surface area contributed by atoms with Crippen molar-refractivity contribution < 1.29 is 80.2 Å². The number of carbonyl (C=O) groups is 4. The molecule has 0 aromatic rings. The molecule has 594 valence electrons. The molecule has 100 heavy (non-hydrogen) atoms. The minimum absolute atomic E-state index is 0.108. The van der Waals surface area contributed by atoms with Gasteiger partial charge in [-0.2, -0.15) is 0 Å². The average Bonchev–Trinajstić information content (AvgIpc) is 0.931. The van der Waals surface area contributed by atoms with Gasteiger partial charge in [0.05, 0.1) is 26.4 Å². The molecule has 19 heteroatoms. The fourth-order valence-corrected chi connectivity index (χ4v) is 14.1. The van der Waals surface area contributed by atoms with E-state index in [-0.39, 0.29) is 25.7 Å². The molecule has 0 aromatic carbocycles. The summed E-state index contributed by atoms with van der Waals surface area (Å²) < 4.78 is 68.5. The smallest absolute Gasteiger partial charge is 0.462 e. The van der Waals surface area contributed by atoms with Gasteiger partial charge < -0.3 is 33.8 Å². The second-order valence-corrected chi connectivity index (χ2v) is 32.3. The van der Waals surface area contributed by atoms with Crippen LogP contribution in [0.25, 0.3) is 0 Å². The van der Waals surface area contributed by atoms with E-state index in [1.807, 2.05) is 0 Å². The Morgan fingerprint density at radius 3 is 0.710 bits per heavy atom. The molecule has 0 aliphatic carbocycles. The van der Waals surface area contributed by atoms with Gasteiger partial charge in [0.25, 0.3) is 0 Å². The first kappa shape index (κ1) is 98.1. The van der Waals surface area contributed by atoms with Gasteiger partial charge in [-0.1, -0.05) is 381 Å². The van der Waals surface area contributed by atoms with Gasteiger partial charge in [0.2, 0.25) is 0 Å². The Hall–Kier alpha value is -1.94. The molecule has 0 amide bonds. The number of unbranched alkanes of at least 4 members (excludes halogenated alkanes) is 52. The lowest BCUT2D eigenvalue weighted by Gasteiger charge is -2.21. The fourth-order valence-electron chi connectivity index (χ4n) is 12.6. The Kier molecular flexibility index (Phi) is 72.5. The van der Waals surface area contributed by atoms with Crippen LogP contribution in [0.15, 0.2) is 0 Å². The van der Waals surface area contributed by atoms with Crippen LogP contribution in [0.3, 0.4) is 0 Å². The maximum Gasteiger partial charge on any atom is 0.472 e. The van der Waals surface area contributed by atoms with Crippen molar-refractivity contribution in [3.05, 3.63) is 0 Å². The summed E-state index contributed by atoms with van der Waals surface area (Å²) in [6.07, 6.45) is 65.6. The predicted octanol–water partition coefficient (Wildman–Crippen LogP) is 24.4. The number of carbonyl (C=O) groups excluding carboxylic acids is 4. The maximum absolute atomic E-state index is 13.1. The van der Waals surface area contributed by atoms with Crippen molar-refractivity contribution in [3.63, 3.8) is 0 Å². The van der Waals surface area contributed by atoms with Crippen LogP contribution in [0.5, 0.6) is 0 Å². The standard InChI is InChI=1S/C81H158O17P2/c1-6-10-13-16-18-20-22-24-26-28-30-32-34-40-44-48-52-57-62-67-81(86)98-77(71-92-79(84)65-60-55-50-46-42-38-36-35-37-41-45-49-54-58-63-74(5)9-4)73-96-100(89,90)94-69-75(82)68-93-99(87,88)95-72-76(70-91-78(83)64-59-53-15-12-8-3)97-80(85)66-61-56-51-47-43-39-33-31-29-27-25-23-21-19-17-14-11-7-2/h74-77,82H,6-73H2,1-5H3,(H,87,88)(H,89,90)/t74?,75-,76+,77+/m0/s1. The Labute approximate surface area is 613 Å². The van der Waals surface area contributed by atoms with Crippen LogP contribution in [-0.2, 0) is 65.4 Å². The molecule has 0 spiro atoms. The van der Waals surface area contributed by atoms with E-state index in [1.165, 1.54) is 250 Å². The van der Waals surface area contributed by atoms with Crippen LogP contribution in [0.2, 0.25) is 0 Å². The Morgan fingerprint density at radius 1 is 0.280 bits per heavy atom. The number of phosphoric ester groups is 2. The summed E-state index contributed by atoms with van der Waals surface area (Å²) >= 11 is 0. The Morgan fingerprint density at radius 2 is 0.480 bits per heavy atom.